The number of thioether (sulfide) groups is 1. The van der Waals surface area contributed by atoms with Crippen molar-refractivity contribution in [2.45, 2.75) is 11.5 Å². The van der Waals surface area contributed by atoms with E-state index in [1.165, 1.54) is 6.20 Å². The molecule has 0 aliphatic carbocycles. The van der Waals surface area contributed by atoms with Gasteiger partial charge in [0.25, 0.3) is 0 Å². The zero-order valence-corrected chi connectivity index (χ0v) is 11.6. The van der Waals surface area contributed by atoms with Gasteiger partial charge >= 0.3 is 5.97 Å². The van der Waals surface area contributed by atoms with Crippen molar-refractivity contribution in [3.8, 4) is 0 Å². The number of rotatable bonds is 5. The predicted octanol–water partition coefficient (Wildman–Crippen LogP) is 3.87. The van der Waals surface area contributed by atoms with Gasteiger partial charge in [0.05, 0.1) is 11.3 Å². The zero-order chi connectivity index (χ0) is 13.7. The summed E-state index contributed by atoms with van der Waals surface area (Å²) in [5, 5.41) is 9.54. The van der Waals surface area contributed by atoms with Crippen LogP contribution in [0.5, 0.6) is 0 Å². The van der Waals surface area contributed by atoms with Crippen LogP contribution in [0.4, 0.5) is 0 Å². The number of pyridine rings is 1. The van der Waals surface area contributed by atoms with Gasteiger partial charge in [-0.2, -0.15) is 11.8 Å². The molecule has 0 unspecified atom stereocenters. The van der Waals surface area contributed by atoms with Crippen LogP contribution in [0.3, 0.4) is 0 Å². The Morgan fingerprint density at radius 1 is 1.21 bits per heavy atom. The van der Waals surface area contributed by atoms with Crippen molar-refractivity contribution in [3.05, 3.63) is 64.4 Å². The van der Waals surface area contributed by atoms with Crippen molar-refractivity contribution in [1.29, 1.82) is 0 Å². The van der Waals surface area contributed by atoms with Crippen LogP contribution in [-0.2, 0) is 11.5 Å². The van der Waals surface area contributed by atoms with E-state index in [2.05, 4.69) is 4.98 Å². The van der Waals surface area contributed by atoms with Crippen molar-refractivity contribution < 1.29 is 9.90 Å². The van der Waals surface area contributed by atoms with Gasteiger partial charge in [0, 0.05) is 22.7 Å². The van der Waals surface area contributed by atoms with Gasteiger partial charge in [0.1, 0.15) is 0 Å². The lowest BCUT2D eigenvalue weighted by Crippen LogP contribution is -1.98. The van der Waals surface area contributed by atoms with Gasteiger partial charge in [0.2, 0.25) is 0 Å². The van der Waals surface area contributed by atoms with Crippen molar-refractivity contribution >= 4 is 29.3 Å². The minimum Gasteiger partial charge on any atom is -0.478 e. The first-order valence-corrected chi connectivity index (χ1v) is 7.19. The second-order valence-corrected chi connectivity index (χ2v) is 5.32. The van der Waals surface area contributed by atoms with Crippen molar-refractivity contribution in [2.24, 2.45) is 0 Å². The lowest BCUT2D eigenvalue weighted by molar-refractivity contribution is 0.0696. The second-order valence-electron chi connectivity index (χ2n) is 3.93. The highest BCUT2D eigenvalue weighted by Crippen LogP contribution is 2.22. The third kappa shape index (κ3) is 3.98. The monoisotopic (exact) mass is 293 g/mol. The quantitative estimate of drug-likeness (QED) is 0.909. The maximum Gasteiger partial charge on any atom is 0.337 e. The Labute approximate surface area is 120 Å². The summed E-state index contributed by atoms with van der Waals surface area (Å²) >= 11 is 7.76. The van der Waals surface area contributed by atoms with Crippen LogP contribution in [0, 0.1) is 0 Å². The van der Waals surface area contributed by atoms with Crippen LogP contribution in [0.2, 0.25) is 5.02 Å². The van der Waals surface area contributed by atoms with Crippen molar-refractivity contribution in [1.82, 2.24) is 4.98 Å². The van der Waals surface area contributed by atoms with Crippen LogP contribution in [0.25, 0.3) is 0 Å². The van der Waals surface area contributed by atoms with Gasteiger partial charge in [-0.15, -0.1) is 0 Å². The lowest BCUT2D eigenvalue weighted by Gasteiger charge is -2.04. The molecule has 0 saturated heterocycles. The molecule has 2 aromatic rings. The standard InChI is InChI=1S/C14H12ClNO2S/c15-13-4-2-1-3-11(13)8-19-9-12-6-5-10(7-16-12)14(17)18/h1-7H,8-9H2,(H,17,18). The van der Waals surface area contributed by atoms with E-state index in [0.29, 0.717) is 0 Å². The minimum atomic E-state index is -0.956. The molecule has 1 aromatic carbocycles. The third-order valence-corrected chi connectivity index (χ3v) is 3.92. The molecule has 1 aromatic heterocycles. The summed E-state index contributed by atoms with van der Waals surface area (Å²) in [6.07, 6.45) is 1.38. The molecule has 0 aliphatic heterocycles. The molecular formula is C14H12ClNO2S. The van der Waals surface area contributed by atoms with Gasteiger partial charge in [-0.1, -0.05) is 29.8 Å². The van der Waals surface area contributed by atoms with Gasteiger partial charge in [0.15, 0.2) is 0 Å². The highest BCUT2D eigenvalue weighted by molar-refractivity contribution is 7.97. The Hall–Kier alpha value is -1.52. The zero-order valence-electron chi connectivity index (χ0n) is 10.0. The van der Waals surface area contributed by atoms with E-state index in [0.717, 1.165) is 27.8 Å². The van der Waals surface area contributed by atoms with Crippen LogP contribution in [0.1, 0.15) is 21.6 Å². The summed E-state index contributed by atoms with van der Waals surface area (Å²) in [7, 11) is 0. The summed E-state index contributed by atoms with van der Waals surface area (Å²) in [6.45, 7) is 0. The topological polar surface area (TPSA) is 50.2 Å². The number of halogens is 1. The molecule has 0 atom stereocenters. The van der Waals surface area contributed by atoms with Gasteiger partial charge < -0.3 is 5.11 Å². The number of benzene rings is 1. The number of aromatic nitrogens is 1. The molecule has 0 radical (unpaired) electrons. The summed E-state index contributed by atoms with van der Waals surface area (Å²) in [5.74, 6) is 0.579. The molecule has 0 spiro atoms. The number of nitrogens with zero attached hydrogens (tertiary/aromatic N) is 1. The number of aromatic carboxylic acids is 1. The van der Waals surface area contributed by atoms with Gasteiger partial charge in [-0.3, -0.25) is 4.98 Å². The molecule has 5 heteroatoms. The van der Waals surface area contributed by atoms with E-state index < -0.39 is 5.97 Å². The Morgan fingerprint density at radius 3 is 2.63 bits per heavy atom. The fourth-order valence-corrected chi connectivity index (χ4v) is 2.75. The van der Waals surface area contributed by atoms with Gasteiger partial charge in [-0.25, -0.2) is 4.79 Å². The van der Waals surface area contributed by atoms with E-state index >= 15 is 0 Å². The molecule has 1 N–H and O–H groups in total. The molecule has 0 amide bonds. The van der Waals surface area contributed by atoms with E-state index in [1.54, 1.807) is 23.9 Å². The normalized spacial score (nSPS) is 10.4. The molecule has 3 nitrogen and oxygen atoms in total. The molecule has 0 bridgehead atoms. The molecule has 0 aliphatic rings. The number of carbonyl (C=O) groups is 1. The molecule has 1 heterocycles. The highest BCUT2D eigenvalue weighted by Gasteiger charge is 2.04. The predicted molar refractivity (Wildman–Crippen MR) is 77.6 cm³/mol. The Kier molecular flexibility index (Phi) is 4.82. The van der Waals surface area contributed by atoms with E-state index in [-0.39, 0.29) is 5.56 Å². The minimum absolute atomic E-state index is 0.208. The average molecular weight is 294 g/mol. The third-order valence-electron chi connectivity index (χ3n) is 2.54. The summed E-state index contributed by atoms with van der Waals surface area (Å²) in [5.41, 5.74) is 2.17. The Morgan fingerprint density at radius 2 is 2.00 bits per heavy atom. The molecule has 0 saturated carbocycles. The summed E-state index contributed by atoms with van der Waals surface area (Å²) in [6, 6.07) is 11.0. The largest absolute Gasteiger partial charge is 0.478 e. The van der Waals surface area contributed by atoms with Crippen LogP contribution >= 0.6 is 23.4 Å². The molecule has 0 fully saturated rings. The first kappa shape index (κ1) is 13.9. The van der Waals surface area contributed by atoms with E-state index in [1.807, 2.05) is 24.3 Å². The Balaban J connectivity index is 1.89. The van der Waals surface area contributed by atoms with E-state index in [4.69, 9.17) is 16.7 Å². The molecular weight excluding hydrogens is 282 g/mol. The average Bonchev–Trinajstić information content (AvgIpc) is 2.41. The number of carboxylic acids is 1. The van der Waals surface area contributed by atoms with E-state index in [9.17, 15) is 4.79 Å². The number of carboxylic acid groups (broad SMARTS) is 1. The lowest BCUT2D eigenvalue weighted by atomic mass is 10.2. The van der Waals surface area contributed by atoms with Crippen LogP contribution < -0.4 is 0 Å². The van der Waals surface area contributed by atoms with Crippen LogP contribution in [-0.4, -0.2) is 16.1 Å². The molecule has 2 rings (SSSR count). The molecule has 98 valence electrons. The van der Waals surface area contributed by atoms with Crippen LogP contribution in [0.15, 0.2) is 42.6 Å². The first-order chi connectivity index (χ1) is 9.16. The fraction of sp³-hybridized carbons (Fsp3) is 0.143. The SMILES string of the molecule is O=C(O)c1ccc(CSCc2ccccc2Cl)nc1. The van der Waals surface area contributed by atoms with Gasteiger partial charge in [-0.05, 0) is 23.8 Å². The fourth-order valence-electron chi connectivity index (χ4n) is 1.52. The molecule has 19 heavy (non-hydrogen) atoms. The number of hydrogen-bond acceptors (Lipinski definition) is 3. The second kappa shape index (κ2) is 6.59. The smallest absolute Gasteiger partial charge is 0.337 e. The van der Waals surface area contributed by atoms with Crippen molar-refractivity contribution in [2.75, 3.05) is 0 Å². The summed E-state index contributed by atoms with van der Waals surface area (Å²) < 4.78 is 0. The maximum absolute atomic E-state index is 10.7. The number of hydrogen-bond donors (Lipinski definition) is 1. The summed E-state index contributed by atoms with van der Waals surface area (Å²) in [4.78, 5) is 14.8. The maximum atomic E-state index is 10.7. The Bertz CT molecular complexity index is 572. The first-order valence-electron chi connectivity index (χ1n) is 5.66. The van der Waals surface area contributed by atoms with Crippen molar-refractivity contribution in [3.63, 3.8) is 0 Å². The highest BCUT2D eigenvalue weighted by atomic mass is 35.5.